The number of carbonyl (C=O) groups excluding carboxylic acids is 4. The SMILES string of the molecule is COc1ccc(O)c(C2C3=CCC4C(=O)N(c5cccc(B(O)O)c5)C(=O)C4C3CC3C(=O)N(c4ccc(F)c(Cl)c4)C(=O)C32C)c1. The minimum absolute atomic E-state index is 0.0585. The van der Waals surface area contributed by atoms with E-state index in [9.17, 15) is 38.7 Å². The predicted molar refractivity (Wildman–Crippen MR) is 169 cm³/mol. The Kier molecular flexibility index (Phi) is 7.30. The van der Waals surface area contributed by atoms with Crippen molar-refractivity contribution in [3.05, 3.63) is 88.7 Å². The van der Waals surface area contributed by atoms with Gasteiger partial charge in [-0.15, -0.1) is 0 Å². The number of fused-ring (bicyclic) bond motifs is 4. The van der Waals surface area contributed by atoms with Crippen LogP contribution in [0.15, 0.2) is 72.3 Å². The van der Waals surface area contributed by atoms with E-state index in [1.54, 1.807) is 19.1 Å². The van der Waals surface area contributed by atoms with Crippen LogP contribution in [-0.4, -0.2) is 53.0 Å². The fourth-order valence-electron chi connectivity index (χ4n) is 8.20. The lowest BCUT2D eigenvalue weighted by molar-refractivity contribution is -0.131. The van der Waals surface area contributed by atoms with E-state index in [0.29, 0.717) is 16.9 Å². The third-order valence-corrected chi connectivity index (χ3v) is 10.7. The van der Waals surface area contributed by atoms with Crippen molar-refractivity contribution < 1.29 is 43.5 Å². The quantitative estimate of drug-likeness (QED) is 0.215. The van der Waals surface area contributed by atoms with Gasteiger partial charge < -0.3 is 19.9 Å². The summed E-state index contributed by atoms with van der Waals surface area (Å²) in [5.74, 6) is -6.74. The van der Waals surface area contributed by atoms with Crippen LogP contribution in [0.2, 0.25) is 5.02 Å². The number of anilines is 2. The molecule has 3 aromatic rings. The number of imide groups is 2. The lowest BCUT2D eigenvalue weighted by Crippen LogP contribution is -2.49. The van der Waals surface area contributed by atoms with Crippen LogP contribution in [0.5, 0.6) is 11.5 Å². The molecule has 2 heterocycles. The standard InChI is InChI=1S/C34H29BClFN2O8/c1-34-24(31(42)39(33(34)44)18-6-10-26(37)25(36)13-18)15-22-20(29(34)23-14-19(47-2)7-11-27(23)40)8-9-21-28(22)32(43)38(30(21)41)17-5-3-4-16(12-17)35(45)46/h3-8,10-14,21-22,24,28-29,40,45-46H,9,15H2,1-2H3. The number of rotatable bonds is 5. The second-order valence-electron chi connectivity index (χ2n) is 12.7. The van der Waals surface area contributed by atoms with Crippen molar-refractivity contribution in [1.82, 2.24) is 0 Å². The van der Waals surface area contributed by atoms with Crippen molar-refractivity contribution in [3.63, 3.8) is 0 Å². The molecule has 2 aliphatic carbocycles. The summed E-state index contributed by atoms with van der Waals surface area (Å²) < 4.78 is 19.6. The number of phenolic OH excluding ortho intramolecular Hbond substituents is 1. The molecule has 240 valence electrons. The van der Waals surface area contributed by atoms with Crippen molar-refractivity contribution >= 4 is 59.2 Å². The highest BCUT2D eigenvalue weighted by Crippen LogP contribution is 2.64. The molecule has 3 aromatic carbocycles. The summed E-state index contributed by atoms with van der Waals surface area (Å²) >= 11 is 6.05. The first kappa shape index (κ1) is 31.1. The maximum atomic E-state index is 14.5. The van der Waals surface area contributed by atoms with Crippen LogP contribution in [0.1, 0.15) is 31.2 Å². The largest absolute Gasteiger partial charge is 0.508 e. The van der Waals surface area contributed by atoms with E-state index in [-0.39, 0.29) is 40.5 Å². The number of phenols is 1. The highest BCUT2D eigenvalue weighted by Gasteiger charge is 2.68. The second-order valence-corrected chi connectivity index (χ2v) is 13.1. The number of nitrogens with zero attached hydrogens (tertiary/aromatic N) is 2. The second kappa shape index (κ2) is 11.0. The van der Waals surface area contributed by atoms with Crippen molar-refractivity contribution in [1.29, 1.82) is 0 Å². The summed E-state index contributed by atoms with van der Waals surface area (Å²) in [5.41, 5.74) is -0.0884. The number of hydrogen-bond acceptors (Lipinski definition) is 8. The average molecular weight is 659 g/mol. The van der Waals surface area contributed by atoms with Crippen LogP contribution >= 0.6 is 11.6 Å². The van der Waals surface area contributed by atoms with Gasteiger partial charge in [-0.25, -0.2) is 9.29 Å². The van der Waals surface area contributed by atoms with Crippen LogP contribution in [0.25, 0.3) is 0 Å². The minimum Gasteiger partial charge on any atom is -0.508 e. The highest BCUT2D eigenvalue weighted by molar-refractivity contribution is 6.58. The Morgan fingerprint density at radius 3 is 2.38 bits per heavy atom. The first-order valence-electron chi connectivity index (χ1n) is 15.1. The molecule has 4 amide bonds. The average Bonchev–Trinajstić information content (AvgIpc) is 3.42. The van der Waals surface area contributed by atoms with E-state index in [4.69, 9.17) is 16.3 Å². The van der Waals surface area contributed by atoms with Crippen LogP contribution in [0.4, 0.5) is 15.8 Å². The predicted octanol–water partition coefficient (Wildman–Crippen LogP) is 3.31. The zero-order valence-electron chi connectivity index (χ0n) is 25.3. The van der Waals surface area contributed by atoms with Crippen LogP contribution < -0.4 is 20.0 Å². The zero-order valence-corrected chi connectivity index (χ0v) is 26.0. The van der Waals surface area contributed by atoms with E-state index in [1.165, 1.54) is 49.6 Å². The Morgan fingerprint density at radius 2 is 1.68 bits per heavy atom. The smallest absolute Gasteiger partial charge is 0.488 e. The first-order chi connectivity index (χ1) is 22.4. The molecule has 4 aliphatic rings. The number of benzene rings is 3. The number of halogens is 2. The number of ether oxygens (including phenoxy) is 1. The molecule has 3 fully saturated rings. The summed E-state index contributed by atoms with van der Waals surface area (Å²) in [6.07, 6.45) is 2.07. The Labute approximate surface area is 274 Å². The molecule has 1 saturated carbocycles. The van der Waals surface area contributed by atoms with Gasteiger partial charge in [-0.2, -0.15) is 0 Å². The molecule has 0 radical (unpaired) electrons. The Balaban J connectivity index is 1.37. The Bertz CT molecular complexity index is 1920. The number of amides is 4. The van der Waals surface area contributed by atoms with Crippen LogP contribution in [0.3, 0.4) is 0 Å². The molecule has 7 rings (SSSR count). The first-order valence-corrected chi connectivity index (χ1v) is 15.5. The lowest BCUT2D eigenvalue weighted by atomic mass is 9.51. The summed E-state index contributed by atoms with van der Waals surface area (Å²) in [6.45, 7) is 1.66. The van der Waals surface area contributed by atoms with Crippen molar-refractivity contribution in [3.8, 4) is 11.5 Å². The zero-order chi connectivity index (χ0) is 33.5. The topological polar surface area (TPSA) is 145 Å². The van der Waals surface area contributed by atoms with Crippen LogP contribution in [0, 0.1) is 34.9 Å². The molecule has 47 heavy (non-hydrogen) atoms. The molecule has 13 heteroatoms. The van der Waals surface area contributed by atoms with Gasteiger partial charge >= 0.3 is 7.12 Å². The van der Waals surface area contributed by atoms with E-state index >= 15 is 0 Å². The van der Waals surface area contributed by atoms with Gasteiger partial charge in [0.1, 0.15) is 17.3 Å². The van der Waals surface area contributed by atoms with Gasteiger partial charge in [0.25, 0.3) is 0 Å². The van der Waals surface area contributed by atoms with Gasteiger partial charge in [0, 0.05) is 11.5 Å². The third-order valence-electron chi connectivity index (χ3n) is 10.4. The number of hydrogen-bond donors (Lipinski definition) is 3. The molecule has 2 saturated heterocycles. The molecular formula is C34H29BClFN2O8. The van der Waals surface area contributed by atoms with E-state index in [0.717, 1.165) is 15.9 Å². The molecule has 0 spiro atoms. The molecule has 6 atom stereocenters. The van der Waals surface area contributed by atoms with Gasteiger partial charge in [-0.05, 0) is 79.7 Å². The van der Waals surface area contributed by atoms with Gasteiger partial charge in [0.2, 0.25) is 23.6 Å². The molecule has 2 aliphatic heterocycles. The fraction of sp³-hybridized carbons (Fsp3) is 0.294. The lowest BCUT2D eigenvalue weighted by Gasteiger charge is -2.49. The number of allylic oxidation sites excluding steroid dienone is 2. The summed E-state index contributed by atoms with van der Waals surface area (Å²) in [6, 6.07) is 14.1. The third kappa shape index (κ3) is 4.46. The monoisotopic (exact) mass is 658 g/mol. The number of methoxy groups -OCH3 is 1. The van der Waals surface area contributed by atoms with Crippen molar-refractivity contribution in [2.24, 2.45) is 29.1 Å². The van der Waals surface area contributed by atoms with Crippen molar-refractivity contribution in [2.45, 2.75) is 25.7 Å². The van der Waals surface area contributed by atoms with Crippen LogP contribution in [-0.2, 0) is 19.2 Å². The summed E-state index contributed by atoms with van der Waals surface area (Å²) in [4.78, 5) is 58.9. The maximum absolute atomic E-state index is 14.5. The number of aromatic hydroxyl groups is 1. The summed E-state index contributed by atoms with van der Waals surface area (Å²) in [5, 5.41) is 30.4. The van der Waals surface area contributed by atoms with Gasteiger partial charge in [0.15, 0.2) is 0 Å². The normalized spacial score (nSPS) is 28.2. The fourth-order valence-corrected chi connectivity index (χ4v) is 8.37. The minimum atomic E-state index is -1.81. The van der Waals surface area contributed by atoms with Crippen molar-refractivity contribution in [2.75, 3.05) is 16.9 Å². The molecule has 3 N–H and O–H groups in total. The van der Waals surface area contributed by atoms with Gasteiger partial charge in [-0.3, -0.25) is 24.1 Å². The Hall–Kier alpha value is -4.52. The van der Waals surface area contributed by atoms with E-state index < -0.39 is 71.6 Å². The molecule has 10 nitrogen and oxygen atoms in total. The highest BCUT2D eigenvalue weighted by atomic mass is 35.5. The molecular weight excluding hydrogens is 630 g/mol. The van der Waals surface area contributed by atoms with Gasteiger partial charge in [0.05, 0.1) is 46.7 Å². The van der Waals surface area contributed by atoms with Gasteiger partial charge in [-0.1, -0.05) is 35.4 Å². The van der Waals surface area contributed by atoms with E-state index in [1.807, 2.05) is 6.08 Å². The number of carbonyl (C=O) groups is 4. The molecule has 0 bridgehead atoms. The maximum Gasteiger partial charge on any atom is 0.488 e. The molecule has 6 unspecified atom stereocenters. The Morgan fingerprint density at radius 1 is 0.936 bits per heavy atom. The van der Waals surface area contributed by atoms with E-state index in [2.05, 4.69) is 0 Å². The summed E-state index contributed by atoms with van der Waals surface area (Å²) in [7, 11) is -0.350. The molecule has 0 aromatic heterocycles.